The lowest BCUT2D eigenvalue weighted by Crippen LogP contribution is -2.48. The lowest BCUT2D eigenvalue weighted by atomic mass is 9.94. The van der Waals surface area contributed by atoms with Crippen molar-refractivity contribution >= 4 is 34.6 Å². The second-order valence-corrected chi connectivity index (χ2v) is 11.6. The van der Waals surface area contributed by atoms with Crippen molar-refractivity contribution in [2.45, 2.75) is 38.3 Å². The number of methoxy groups -OCH3 is 2. The molecule has 11 heteroatoms. The van der Waals surface area contributed by atoms with E-state index >= 15 is 0 Å². The number of carbonyl (C=O) groups is 1. The van der Waals surface area contributed by atoms with Crippen molar-refractivity contribution in [1.82, 2.24) is 19.2 Å². The number of hydrogen-bond donors (Lipinski definition) is 1. The summed E-state index contributed by atoms with van der Waals surface area (Å²) in [6.07, 6.45) is 4.43. The standard InChI is InChI=1S/C31H31Cl2FN4O4/c1-41-27-13-19-5-8-37(17-20(19)14-28(27)42-2)21-6-9-36(10-7-21)31(40)23-12-18(3-4-25(23)34)11-22-16-35-30(39)26-15-24(32)29(33)38(22)26/h3-4,12-16,21H,5-11,17H2,1-2H3,(H,35,39). The molecule has 2 aromatic heterocycles. The molecule has 1 saturated heterocycles. The quantitative estimate of drug-likeness (QED) is 0.318. The molecule has 4 heterocycles. The monoisotopic (exact) mass is 612 g/mol. The summed E-state index contributed by atoms with van der Waals surface area (Å²) in [6, 6.07) is 10.5. The fourth-order valence-corrected chi connectivity index (χ4v) is 6.64. The van der Waals surface area contributed by atoms with Crippen LogP contribution in [-0.2, 0) is 19.4 Å². The minimum absolute atomic E-state index is 0.0381. The Morgan fingerprint density at radius 1 is 1.02 bits per heavy atom. The molecule has 4 aromatic rings. The number of fused-ring (bicyclic) bond motifs is 2. The van der Waals surface area contributed by atoms with Gasteiger partial charge in [0.15, 0.2) is 11.5 Å². The first-order chi connectivity index (χ1) is 20.3. The molecule has 0 atom stereocenters. The molecule has 0 unspecified atom stereocenters. The summed E-state index contributed by atoms with van der Waals surface area (Å²) in [5, 5.41) is 0.492. The normalized spacial score (nSPS) is 16.1. The van der Waals surface area contributed by atoms with Gasteiger partial charge in [-0.05, 0) is 66.3 Å². The van der Waals surface area contributed by atoms with Crippen LogP contribution in [0.15, 0.2) is 47.4 Å². The Hall–Kier alpha value is -3.53. The molecule has 6 rings (SSSR count). The Morgan fingerprint density at radius 2 is 1.74 bits per heavy atom. The third-order valence-corrected chi connectivity index (χ3v) is 9.21. The number of H-pyrrole nitrogens is 1. The first-order valence-electron chi connectivity index (χ1n) is 13.9. The van der Waals surface area contributed by atoms with Crippen molar-refractivity contribution in [3.63, 3.8) is 0 Å². The number of carbonyl (C=O) groups excluding carboxylic acids is 1. The predicted molar refractivity (Wildman–Crippen MR) is 160 cm³/mol. The summed E-state index contributed by atoms with van der Waals surface area (Å²) in [6.45, 7) is 2.87. The van der Waals surface area contributed by atoms with E-state index < -0.39 is 5.82 Å². The lowest BCUT2D eigenvalue weighted by Gasteiger charge is -2.41. The van der Waals surface area contributed by atoms with Crippen LogP contribution in [0.5, 0.6) is 11.5 Å². The number of amides is 1. The number of hydrogen-bond acceptors (Lipinski definition) is 5. The number of ether oxygens (including phenoxy) is 2. The van der Waals surface area contributed by atoms with Gasteiger partial charge in [-0.25, -0.2) is 4.39 Å². The van der Waals surface area contributed by atoms with E-state index in [9.17, 15) is 14.0 Å². The zero-order valence-corrected chi connectivity index (χ0v) is 24.9. The second-order valence-electron chi connectivity index (χ2n) is 10.8. The van der Waals surface area contributed by atoms with Gasteiger partial charge in [0.25, 0.3) is 11.5 Å². The number of nitrogens with one attached hydrogen (secondary N) is 1. The number of likely N-dealkylation sites (tertiary alicyclic amines) is 1. The highest BCUT2D eigenvalue weighted by molar-refractivity contribution is 6.42. The van der Waals surface area contributed by atoms with Crippen molar-refractivity contribution in [2.24, 2.45) is 0 Å². The number of piperidine rings is 1. The maximum Gasteiger partial charge on any atom is 0.272 e. The summed E-state index contributed by atoms with van der Waals surface area (Å²) in [4.78, 5) is 32.6. The van der Waals surface area contributed by atoms with E-state index in [1.54, 1.807) is 41.8 Å². The minimum Gasteiger partial charge on any atom is -0.493 e. The molecular weight excluding hydrogens is 582 g/mol. The molecule has 0 spiro atoms. The molecule has 0 aliphatic carbocycles. The van der Waals surface area contributed by atoms with E-state index in [1.807, 2.05) is 0 Å². The van der Waals surface area contributed by atoms with E-state index in [1.165, 1.54) is 23.3 Å². The summed E-state index contributed by atoms with van der Waals surface area (Å²) in [5.74, 6) is 0.601. The highest BCUT2D eigenvalue weighted by Crippen LogP contribution is 2.35. The van der Waals surface area contributed by atoms with Crippen LogP contribution in [0.4, 0.5) is 4.39 Å². The van der Waals surface area contributed by atoms with Gasteiger partial charge in [0, 0.05) is 50.5 Å². The summed E-state index contributed by atoms with van der Waals surface area (Å²) in [5.41, 5.74) is 3.92. The molecule has 42 heavy (non-hydrogen) atoms. The van der Waals surface area contributed by atoms with Crippen molar-refractivity contribution in [1.29, 1.82) is 0 Å². The molecule has 220 valence electrons. The average Bonchev–Trinajstić information content (AvgIpc) is 3.32. The van der Waals surface area contributed by atoms with Crippen LogP contribution in [0.25, 0.3) is 5.52 Å². The van der Waals surface area contributed by atoms with Gasteiger partial charge in [-0.2, -0.15) is 0 Å². The number of halogens is 3. The number of nitrogens with zero attached hydrogens (tertiary/aromatic N) is 3. The van der Waals surface area contributed by atoms with Crippen molar-refractivity contribution in [2.75, 3.05) is 33.9 Å². The van der Waals surface area contributed by atoms with Crippen molar-refractivity contribution < 1.29 is 18.7 Å². The molecule has 1 fully saturated rings. The molecule has 2 aromatic carbocycles. The maximum absolute atomic E-state index is 14.9. The molecule has 0 radical (unpaired) electrons. The van der Waals surface area contributed by atoms with Crippen LogP contribution in [0.1, 0.15) is 45.6 Å². The molecule has 1 amide bonds. The third kappa shape index (κ3) is 5.25. The van der Waals surface area contributed by atoms with Crippen LogP contribution >= 0.6 is 23.2 Å². The van der Waals surface area contributed by atoms with Crippen molar-refractivity contribution in [3.8, 4) is 11.5 Å². The maximum atomic E-state index is 14.9. The molecular formula is C31H31Cl2FN4O4. The Balaban J connectivity index is 1.14. The van der Waals surface area contributed by atoms with Crippen LogP contribution in [-0.4, -0.2) is 65.0 Å². The summed E-state index contributed by atoms with van der Waals surface area (Å²) in [7, 11) is 3.29. The smallest absolute Gasteiger partial charge is 0.272 e. The van der Waals surface area contributed by atoms with Gasteiger partial charge in [-0.1, -0.05) is 29.3 Å². The summed E-state index contributed by atoms with van der Waals surface area (Å²) >= 11 is 12.5. The molecule has 0 saturated carbocycles. The molecule has 1 N–H and O–H groups in total. The zero-order valence-electron chi connectivity index (χ0n) is 23.4. The van der Waals surface area contributed by atoms with Gasteiger partial charge >= 0.3 is 0 Å². The SMILES string of the molecule is COc1cc2c(cc1OC)CN(C1CCN(C(=O)c3cc(Cc4c[nH]c(=O)c5cc(Cl)c(Cl)n45)ccc3F)CC1)CC2. The topological polar surface area (TPSA) is 79.3 Å². The number of rotatable bonds is 6. The van der Waals surface area contributed by atoms with Gasteiger partial charge in [0.1, 0.15) is 16.5 Å². The third-order valence-electron chi connectivity index (χ3n) is 8.45. The fraction of sp³-hybridized carbons (Fsp3) is 0.355. The second kappa shape index (κ2) is 11.6. The minimum atomic E-state index is -0.559. The first kappa shape index (κ1) is 28.6. The van der Waals surface area contributed by atoms with E-state index in [0.29, 0.717) is 42.3 Å². The van der Waals surface area contributed by atoms with Gasteiger partial charge in [-0.3, -0.25) is 18.9 Å². The molecule has 8 nitrogen and oxygen atoms in total. The van der Waals surface area contributed by atoms with E-state index in [2.05, 4.69) is 22.0 Å². The predicted octanol–water partition coefficient (Wildman–Crippen LogP) is 5.34. The fourth-order valence-electron chi connectivity index (χ4n) is 6.20. The van der Waals surface area contributed by atoms with Crippen LogP contribution in [0, 0.1) is 5.82 Å². The number of benzene rings is 2. The van der Waals surface area contributed by atoms with Crippen LogP contribution < -0.4 is 15.0 Å². The van der Waals surface area contributed by atoms with Gasteiger partial charge < -0.3 is 19.4 Å². The number of aromatic nitrogens is 2. The van der Waals surface area contributed by atoms with Gasteiger partial charge in [-0.15, -0.1) is 0 Å². The summed E-state index contributed by atoms with van der Waals surface area (Å²) < 4.78 is 27.5. The highest BCUT2D eigenvalue weighted by atomic mass is 35.5. The Morgan fingerprint density at radius 3 is 2.45 bits per heavy atom. The molecule has 0 bridgehead atoms. The van der Waals surface area contributed by atoms with E-state index in [4.69, 9.17) is 32.7 Å². The Kier molecular flexibility index (Phi) is 7.91. The van der Waals surface area contributed by atoms with Crippen LogP contribution in [0.3, 0.4) is 0 Å². The molecule has 2 aliphatic heterocycles. The largest absolute Gasteiger partial charge is 0.493 e. The lowest BCUT2D eigenvalue weighted by molar-refractivity contribution is 0.0595. The van der Waals surface area contributed by atoms with Gasteiger partial charge in [0.2, 0.25) is 0 Å². The highest BCUT2D eigenvalue weighted by Gasteiger charge is 2.31. The Bertz CT molecular complexity index is 1730. The zero-order chi connectivity index (χ0) is 29.5. The van der Waals surface area contributed by atoms with Crippen LogP contribution in [0.2, 0.25) is 10.2 Å². The van der Waals surface area contributed by atoms with E-state index in [-0.39, 0.29) is 27.2 Å². The van der Waals surface area contributed by atoms with E-state index in [0.717, 1.165) is 43.9 Å². The Labute approximate surface area is 252 Å². The first-order valence-corrected chi connectivity index (χ1v) is 14.7. The van der Waals surface area contributed by atoms with Gasteiger partial charge in [0.05, 0.1) is 24.8 Å². The number of aromatic amines is 1. The molecule has 2 aliphatic rings. The van der Waals surface area contributed by atoms with Crippen molar-refractivity contribution in [3.05, 3.63) is 96.9 Å². The average molecular weight is 614 g/mol.